The molecule has 0 aliphatic carbocycles. The molecule has 0 saturated carbocycles. The average molecular weight is 811 g/mol. The molecule has 4 amide bonds. The number of halogens is 4. The van der Waals surface area contributed by atoms with E-state index in [2.05, 4.69) is 21.3 Å². The minimum absolute atomic E-state index is 0.0933. The summed E-state index contributed by atoms with van der Waals surface area (Å²) in [5, 5.41) is 14.0. The van der Waals surface area contributed by atoms with Gasteiger partial charge >= 0.3 is 0 Å². The lowest BCUT2D eigenvalue weighted by atomic mass is 9.64. The van der Waals surface area contributed by atoms with Crippen LogP contribution in [0.2, 0.25) is 20.1 Å². The summed E-state index contributed by atoms with van der Waals surface area (Å²) < 4.78 is 11.5. The molecule has 0 radical (unpaired) electrons. The number of amides is 4. The van der Waals surface area contributed by atoms with Crippen molar-refractivity contribution in [3.63, 3.8) is 0 Å². The molecule has 4 aliphatic heterocycles. The van der Waals surface area contributed by atoms with Crippen molar-refractivity contribution in [1.29, 1.82) is 0 Å². The van der Waals surface area contributed by atoms with Crippen LogP contribution in [0.15, 0.2) is 84.9 Å². The number of anilines is 2. The van der Waals surface area contributed by atoms with Gasteiger partial charge in [0.25, 0.3) is 0 Å². The summed E-state index contributed by atoms with van der Waals surface area (Å²) in [4.78, 5) is 51.6. The number of carbonyl (C=O) groups excluding carboxylic acids is 4. The molecule has 4 aliphatic rings. The molecule has 0 aromatic heterocycles. The minimum atomic E-state index is -1.05. The van der Waals surface area contributed by atoms with Gasteiger partial charge in [-0.05, 0) is 70.8 Å². The zero-order chi connectivity index (χ0) is 38.4. The van der Waals surface area contributed by atoms with E-state index in [4.69, 9.17) is 55.9 Å². The fraction of sp³-hybridized carbons (Fsp3) is 0.300. The van der Waals surface area contributed by atoms with Crippen LogP contribution in [-0.2, 0) is 39.5 Å². The lowest BCUT2D eigenvalue weighted by Gasteiger charge is -2.39. The summed E-state index contributed by atoms with van der Waals surface area (Å²) in [5.41, 5.74) is 2.55. The molecule has 4 N–H and O–H groups in total. The molecular formula is C40H36Cl4N4O6. The summed E-state index contributed by atoms with van der Waals surface area (Å²) in [6, 6.07) is 25.3. The number of carbonyl (C=O) groups is 4. The molecule has 8 rings (SSSR count). The van der Waals surface area contributed by atoms with Gasteiger partial charge in [-0.3, -0.25) is 19.2 Å². The van der Waals surface area contributed by atoms with Crippen LogP contribution in [0.4, 0.5) is 11.4 Å². The number of ether oxygens (including phenoxy) is 2. The van der Waals surface area contributed by atoms with Crippen LogP contribution < -0.4 is 21.3 Å². The predicted molar refractivity (Wildman–Crippen MR) is 209 cm³/mol. The van der Waals surface area contributed by atoms with E-state index >= 15 is 0 Å². The topological polar surface area (TPSA) is 135 Å². The number of hydrogen-bond acceptors (Lipinski definition) is 6. The predicted octanol–water partition coefficient (Wildman–Crippen LogP) is 7.00. The third kappa shape index (κ3) is 6.42. The van der Waals surface area contributed by atoms with Crippen LogP contribution in [0, 0.1) is 0 Å². The van der Waals surface area contributed by atoms with Gasteiger partial charge < -0.3 is 30.7 Å². The molecule has 2 fully saturated rings. The Balaban J connectivity index is 0.000000167. The van der Waals surface area contributed by atoms with Gasteiger partial charge in [0.15, 0.2) is 0 Å². The highest BCUT2D eigenvalue weighted by Crippen LogP contribution is 2.54. The number of nitrogens with one attached hydrogen (secondary N) is 4. The normalized spacial score (nSPS) is 27.1. The second kappa shape index (κ2) is 15.2. The molecule has 2 spiro atoms. The number of hydrogen-bond donors (Lipinski definition) is 4. The molecule has 54 heavy (non-hydrogen) atoms. The molecule has 0 unspecified atom stereocenters. The molecule has 10 nitrogen and oxygen atoms in total. The van der Waals surface area contributed by atoms with Crippen molar-refractivity contribution < 1.29 is 28.7 Å². The van der Waals surface area contributed by atoms with Gasteiger partial charge in [0, 0.05) is 77.0 Å². The van der Waals surface area contributed by atoms with Gasteiger partial charge in [0.1, 0.15) is 10.8 Å². The number of benzene rings is 4. The van der Waals surface area contributed by atoms with E-state index in [9.17, 15) is 19.2 Å². The molecule has 14 heteroatoms. The summed E-state index contributed by atoms with van der Waals surface area (Å²) in [6.45, 7) is 0.560. The maximum absolute atomic E-state index is 13.4. The Hall–Kier alpha value is -4.16. The van der Waals surface area contributed by atoms with E-state index in [0.717, 1.165) is 22.3 Å². The fourth-order valence-electron chi connectivity index (χ4n) is 8.69. The first-order chi connectivity index (χ1) is 25.9. The monoisotopic (exact) mass is 808 g/mol. The Kier molecular flexibility index (Phi) is 10.7. The molecular weight excluding hydrogens is 774 g/mol. The molecule has 2 saturated heterocycles. The first-order valence-corrected chi connectivity index (χ1v) is 18.8. The SMILES string of the molecule is CO[C@H]1CC(=O)NC[C@@H](c2ccc(Cl)cc2)[C@]12C(=O)Nc1cc(Cl)ccc12.CO[C@H]1CNC(=O)C[C@@H](c2ccc(Cl)cc2)[C@]12C(=O)Nc1cc(Cl)ccc12. The third-order valence-corrected chi connectivity index (χ3v) is 12.1. The molecule has 6 atom stereocenters. The number of rotatable bonds is 4. The third-order valence-electron chi connectivity index (χ3n) is 11.1. The van der Waals surface area contributed by atoms with E-state index in [0.29, 0.717) is 38.0 Å². The Morgan fingerprint density at radius 2 is 0.963 bits per heavy atom. The summed E-state index contributed by atoms with van der Waals surface area (Å²) in [7, 11) is 3.09. The maximum Gasteiger partial charge on any atom is 0.238 e. The molecule has 0 bridgehead atoms. The zero-order valence-corrected chi connectivity index (χ0v) is 32.2. The molecule has 280 valence electrons. The second-order valence-electron chi connectivity index (χ2n) is 13.7. The van der Waals surface area contributed by atoms with Crippen molar-refractivity contribution in [1.82, 2.24) is 10.6 Å². The van der Waals surface area contributed by atoms with Gasteiger partial charge in [-0.15, -0.1) is 0 Å². The van der Waals surface area contributed by atoms with Crippen molar-refractivity contribution in [3.8, 4) is 0 Å². The van der Waals surface area contributed by atoms with Crippen molar-refractivity contribution in [2.45, 2.75) is 47.7 Å². The largest absolute Gasteiger partial charge is 0.379 e. The molecule has 4 aromatic rings. The van der Waals surface area contributed by atoms with E-state index < -0.39 is 29.0 Å². The average Bonchev–Trinajstić information content (AvgIpc) is 3.45. The smallest absolute Gasteiger partial charge is 0.238 e. The minimum Gasteiger partial charge on any atom is -0.379 e. The summed E-state index contributed by atoms with van der Waals surface area (Å²) >= 11 is 24.4. The van der Waals surface area contributed by atoms with Crippen LogP contribution >= 0.6 is 46.4 Å². The van der Waals surface area contributed by atoms with E-state index in [1.54, 1.807) is 55.6 Å². The van der Waals surface area contributed by atoms with Gasteiger partial charge in [-0.1, -0.05) is 82.8 Å². The molecule has 4 aromatic carbocycles. The van der Waals surface area contributed by atoms with Crippen LogP contribution in [-0.4, -0.2) is 63.1 Å². The van der Waals surface area contributed by atoms with Crippen molar-refractivity contribution in [2.24, 2.45) is 0 Å². The highest BCUT2D eigenvalue weighted by molar-refractivity contribution is 6.32. The Morgan fingerprint density at radius 3 is 1.46 bits per heavy atom. The van der Waals surface area contributed by atoms with Gasteiger partial charge in [-0.2, -0.15) is 0 Å². The Morgan fingerprint density at radius 1 is 0.537 bits per heavy atom. The first kappa shape index (κ1) is 38.1. The standard InChI is InChI=1S/2C20H18Cl2N2O3/c1-27-17-9-18(25)23-10-15(11-2-4-12(21)5-3-11)20(17)14-7-6-13(22)8-16(14)24-19(20)26;1-27-17-10-23-18(25)9-15(11-2-4-12(21)5-3-11)20(17)14-7-6-13(22)8-16(14)24-19(20)26/h2*2-8,15,17H,9-10H2,1H3,(H,23,25)(H,24,26)/t2*15-,17-,20-/m00/s1. The van der Waals surface area contributed by atoms with Crippen LogP contribution in [0.25, 0.3) is 0 Å². The number of fused-ring (bicyclic) bond motifs is 4. The Bertz CT molecular complexity index is 2070. The maximum atomic E-state index is 13.4. The summed E-state index contributed by atoms with van der Waals surface area (Å²) in [5.74, 6) is -1.39. The zero-order valence-electron chi connectivity index (χ0n) is 29.2. The van der Waals surface area contributed by atoms with Crippen molar-refractivity contribution in [2.75, 3.05) is 37.9 Å². The van der Waals surface area contributed by atoms with E-state index in [-0.39, 0.29) is 48.9 Å². The van der Waals surface area contributed by atoms with E-state index in [1.807, 2.05) is 36.4 Å². The van der Waals surface area contributed by atoms with Crippen LogP contribution in [0.3, 0.4) is 0 Å². The van der Waals surface area contributed by atoms with Gasteiger partial charge in [0.05, 0.1) is 18.6 Å². The Labute approximate surface area is 332 Å². The van der Waals surface area contributed by atoms with Gasteiger partial charge in [-0.25, -0.2) is 0 Å². The summed E-state index contributed by atoms with van der Waals surface area (Å²) in [6.07, 6.45) is -0.900. The lowest BCUT2D eigenvalue weighted by molar-refractivity contribution is -0.130. The quantitative estimate of drug-likeness (QED) is 0.176. The van der Waals surface area contributed by atoms with E-state index in [1.165, 1.54) is 7.11 Å². The van der Waals surface area contributed by atoms with Crippen molar-refractivity contribution >= 4 is 81.4 Å². The highest BCUT2D eigenvalue weighted by Gasteiger charge is 2.61. The van der Waals surface area contributed by atoms with Crippen LogP contribution in [0.5, 0.6) is 0 Å². The molecule has 4 heterocycles. The van der Waals surface area contributed by atoms with Gasteiger partial charge in [0.2, 0.25) is 23.6 Å². The van der Waals surface area contributed by atoms with Crippen LogP contribution in [0.1, 0.15) is 46.9 Å². The van der Waals surface area contributed by atoms with Crippen molar-refractivity contribution in [3.05, 3.63) is 127 Å². The highest BCUT2D eigenvalue weighted by atomic mass is 35.5. The first-order valence-electron chi connectivity index (χ1n) is 17.3. The lowest BCUT2D eigenvalue weighted by Crippen LogP contribution is -2.52. The second-order valence-corrected chi connectivity index (χ2v) is 15.4. The fourth-order valence-corrected chi connectivity index (χ4v) is 9.29. The number of methoxy groups -OCH3 is 2.